The lowest BCUT2D eigenvalue weighted by Crippen LogP contribution is -2.49. The highest BCUT2D eigenvalue weighted by Crippen LogP contribution is 2.22. The lowest BCUT2D eigenvalue weighted by molar-refractivity contribution is -0.144. The second kappa shape index (κ2) is 6.82. The zero-order chi connectivity index (χ0) is 13.6. The summed E-state index contributed by atoms with van der Waals surface area (Å²) in [6.45, 7) is 9.27. The predicted molar refractivity (Wildman–Crippen MR) is 72.9 cm³/mol. The molecule has 18 heavy (non-hydrogen) atoms. The molecular weight excluding hydrogens is 250 g/mol. The van der Waals surface area contributed by atoms with E-state index in [0.29, 0.717) is 11.6 Å². The first-order valence-electron chi connectivity index (χ1n) is 6.15. The Hall–Kier alpha value is -0.980. The Labute approximate surface area is 112 Å². The Morgan fingerprint density at radius 2 is 2.22 bits per heavy atom. The molecule has 0 bridgehead atoms. The summed E-state index contributed by atoms with van der Waals surface area (Å²) in [5, 5.41) is 14.9. The van der Waals surface area contributed by atoms with Crippen LogP contribution in [0.3, 0.4) is 0 Å². The number of aromatic nitrogens is 1. The third kappa shape index (κ3) is 3.51. The van der Waals surface area contributed by atoms with Gasteiger partial charge in [-0.15, -0.1) is 11.3 Å². The van der Waals surface area contributed by atoms with E-state index in [1.54, 1.807) is 18.5 Å². The summed E-state index contributed by atoms with van der Waals surface area (Å²) in [4.78, 5) is 17.8. The van der Waals surface area contributed by atoms with Crippen molar-refractivity contribution >= 4 is 17.3 Å². The zero-order valence-electron chi connectivity index (χ0n) is 11.1. The summed E-state index contributed by atoms with van der Waals surface area (Å²) in [5.41, 5.74) is -1.10. The van der Waals surface area contributed by atoms with Crippen LogP contribution >= 0.6 is 11.3 Å². The van der Waals surface area contributed by atoms with Crippen molar-refractivity contribution in [3.8, 4) is 0 Å². The van der Waals surface area contributed by atoms with Crippen LogP contribution in [-0.4, -0.2) is 47.1 Å². The molecule has 0 spiro atoms. The smallest absolute Gasteiger partial charge is 0.330 e. The summed E-state index contributed by atoms with van der Waals surface area (Å²) in [6, 6.07) is 0. The number of hydrogen-bond donors (Lipinski definition) is 2. The Kier molecular flexibility index (Phi) is 5.71. The molecule has 0 aliphatic heterocycles. The molecule has 6 heteroatoms. The third-order valence-corrected chi connectivity index (χ3v) is 4.08. The number of carboxylic acids is 1. The van der Waals surface area contributed by atoms with Crippen LogP contribution in [0.5, 0.6) is 0 Å². The molecule has 1 aromatic rings. The lowest BCUT2D eigenvalue weighted by atomic mass is 10.0. The van der Waals surface area contributed by atoms with Gasteiger partial charge in [-0.05, 0) is 20.0 Å². The molecule has 0 aliphatic rings. The molecule has 0 aromatic carbocycles. The van der Waals surface area contributed by atoms with Gasteiger partial charge in [-0.2, -0.15) is 0 Å². The summed E-state index contributed by atoms with van der Waals surface area (Å²) in [7, 11) is 0. The van der Waals surface area contributed by atoms with Crippen molar-refractivity contribution in [2.75, 3.05) is 26.2 Å². The highest BCUT2D eigenvalue weighted by molar-refractivity contribution is 7.09. The lowest BCUT2D eigenvalue weighted by Gasteiger charge is -2.26. The van der Waals surface area contributed by atoms with Gasteiger partial charge in [0.05, 0.1) is 0 Å². The van der Waals surface area contributed by atoms with E-state index in [1.165, 1.54) is 11.3 Å². The molecular formula is C12H21N3O2S. The molecule has 0 aliphatic carbocycles. The van der Waals surface area contributed by atoms with E-state index in [9.17, 15) is 9.90 Å². The van der Waals surface area contributed by atoms with Crippen LogP contribution in [0.2, 0.25) is 0 Å². The Bertz CT molecular complexity index is 365. The second-order valence-electron chi connectivity index (χ2n) is 4.22. The van der Waals surface area contributed by atoms with Crippen molar-refractivity contribution in [1.82, 2.24) is 15.2 Å². The van der Waals surface area contributed by atoms with Crippen LogP contribution in [0.1, 0.15) is 25.8 Å². The van der Waals surface area contributed by atoms with Crippen molar-refractivity contribution in [3.63, 3.8) is 0 Å². The van der Waals surface area contributed by atoms with Crippen molar-refractivity contribution in [2.45, 2.75) is 26.3 Å². The van der Waals surface area contributed by atoms with Gasteiger partial charge in [-0.3, -0.25) is 5.32 Å². The van der Waals surface area contributed by atoms with Crippen LogP contribution in [0.4, 0.5) is 0 Å². The maximum Gasteiger partial charge on any atom is 0.330 e. The number of carboxylic acid groups (broad SMARTS) is 1. The molecule has 0 saturated carbocycles. The quantitative estimate of drug-likeness (QED) is 0.747. The topological polar surface area (TPSA) is 65.5 Å². The number of carbonyl (C=O) groups is 1. The van der Waals surface area contributed by atoms with Crippen molar-refractivity contribution in [2.24, 2.45) is 0 Å². The highest BCUT2D eigenvalue weighted by atomic mass is 32.1. The van der Waals surface area contributed by atoms with E-state index in [4.69, 9.17) is 0 Å². The highest BCUT2D eigenvalue weighted by Gasteiger charge is 2.37. The average molecular weight is 271 g/mol. The molecule has 0 saturated heterocycles. The van der Waals surface area contributed by atoms with Gasteiger partial charge in [0.2, 0.25) is 0 Å². The Morgan fingerprint density at radius 1 is 1.56 bits per heavy atom. The van der Waals surface area contributed by atoms with Gasteiger partial charge in [-0.1, -0.05) is 13.8 Å². The van der Waals surface area contributed by atoms with E-state index in [1.807, 2.05) is 0 Å². The minimum Gasteiger partial charge on any atom is -0.480 e. The van der Waals surface area contributed by atoms with Crippen LogP contribution in [0.15, 0.2) is 11.6 Å². The second-order valence-corrected chi connectivity index (χ2v) is 5.12. The summed E-state index contributed by atoms with van der Waals surface area (Å²) < 4.78 is 0. The number of rotatable bonds is 8. The third-order valence-electron chi connectivity index (χ3n) is 3.09. The molecule has 0 radical (unpaired) electrons. The summed E-state index contributed by atoms with van der Waals surface area (Å²) in [5.74, 6) is -0.892. The van der Waals surface area contributed by atoms with Gasteiger partial charge >= 0.3 is 5.97 Å². The van der Waals surface area contributed by atoms with E-state index >= 15 is 0 Å². The first-order valence-corrected chi connectivity index (χ1v) is 7.03. The fourth-order valence-electron chi connectivity index (χ4n) is 1.72. The Morgan fingerprint density at radius 3 is 2.67 bits per heavy atom. The van der Waals surface area contributed by atoms with Crippen LogP contribution < -0.4 is 5.32 Å². The van der Waals surface area contributed by atoms with Crippen LogP contribution in [0.25, 0.3) is 0 Å². The standard InChI is InChI=1S/C12H21N3O2S/c1-4-15(5-2)8-6-14-12(3,11(16)17)10-13-7-9-18-10/h7,9,14H,4-6,8H2,1-3H3,(H,16,17). The number of aliphatic carboxylic acids is 1. The van der Waals surface area contributed by atoms with Crippen molar-refractivity contribution < 1.29 is 9.90 Å². The monoisotopic (exact) mass is 271 g/mol. The van der Waals surface area contributed by atoms with E-state index < -0.39 is 11.5 Å². The number of nitrogens with one attached hydrogen (secondary N) is 1. The number of likely N-dealkylation sites (N-methyl/N-ethyl adjacent to an activating group) is 1. The van der Waals surface area contributed by atoms with Gasteiger partial charge < -0.3 is 10.0 Å². The molecule has 0 fully saturated rings. The van der Waals surface area contributed by atoms with Gasteiger partial charge in [0.1, 0.15) is 5.01 Å². The van der Waals surface area contributed by atoms with E-state index in [0.717, 1.165) is 19.6 Å². The van der Waals surface area contributed by atoms with Gasteiger partial charge in [0.15, 0.2) is 5.54 Å². The fraction of sp³-hybridized carbons (Fsp3) is 0.667. The SMILES string of the molecule is CCN(CC)CCNC(C)(C(=O)O)c1nccs1. The number of hydrogen-bond acceptors (Lipinski definition) is 5. The summed E-state index contributed by atoms with van der Waals surface area (Å²) >= 11 is 1.36. The minimum absolute atomic E-state index is 0.592. The number of nitrogens with zero attached hydrogens (tertiary/aromatic N) is 2. The minimum atomic E-state index is -1.10. The Balaban J connectivity index is 2.62. The molecule has 2 N–H and O–H groups in total. The molecule has 0 amide bonds. The maximum absolute atomic E-state index is 11.4. The van der Waals surface area contributed by atoms with Gasteiger partial charge in [0.25, 0.3) is 0 Å². The van der Waals surface area contributed by atoms with E-state index in [2.05, 4.69) is 29.0 Å². The molecule has 102 valence electrons. The predicted octanol–water partition coefficient (Wildman–Crippen LogP) is 1.37. The van der Waals surface area contributed by atoms with Crippen LogP contribution in [-0.2, 0) is 10.3 Å². The van der Waals surface area contributed by atoms with Gasteiger partial charge in [0, 0.05) is 24.7 Å². The number of thiazole rings is 1. The molecule has 1 atom stereocenters. The van der Waals surface area contributed by atoms with Crippen molar-refractivity contribution in [3.05, 3.63) is 16.6 Å². The molecule has 1 unspecified atom stereocenters. The maximum atomic E-state index is 11.4. The van der Waals surface area contributed by atoms with Crippen molar-refractivity contribution in [1.29, 1.82) is 0 Å². The first-order chi connectivity index (χ1) is 8.54. The average Bonchev–Trinajstić information content (AvgIpc) is 2.88. The van der Waals surface area contributed by atoms with Gasteiger partial charge in [-0.25, -0.2) is 9.78 Å². The van der Waals surface area contributed by atoms with E-state index in [-0.39, 0.29) is 0 Å². The largest absolute Gasteiger partial charge is 0.480 e. The molecule has 1 rings (SSSR count). The fourth-order valence-corrected chi connectivity index (χ4v) is 2.48. The molecule has 5 nitrogen and oxygen atoms in total. The molecule has 1 aromatic heterocycles. The zero-order valence-corrected chi connectivity index (χ0v) is 12.0. The normalized spacial score (nSPS) is 14.7. The van der Waals surface area contributed by atoms with Crippen LogP contribution in [0, 0.1) is 0 Å². The summed E-state index contributed by atoms with van der Waals surface area (Å²) in [6.07, 6.45) is 1.63. The molecule has 1 heterocycles. The first kappa shape index (κ1) is 15.1.